The highest BCUT2D eigenvalue weighted by Gasteiger charge is 1.77. The first-order valence-corrected chi connectivity index (χ1v) is 4.69. The lowest BCUT2D eigenvalue weighted by atomic mass is 10.2. The molecule has 1 nitrogen and oxygen atoms in total. The monoisotopic (exact) mass is 175 g/mol. The Labute approximate surface area is 81.1 Å². The van der Waals surface area contributed by atoms with Crippen LogP contribution in [-0.2, 0) is 0 Å². The Morgan fingerprint density at radius 1 is 1.00 bits per heavy atom. The fourth-order valence-corrected chi connectivity index (χ4v) is 0.869. The second kappa shape index (κ2) is 10.7. The summed E-state index contributed by atoms with van der Waals surface area (Å²) in [5.74, 6) is 0. The molecular formula is C12H17N. The number of hydrogen-bond donors (Lipinski definition) is 0. The molecule has 0 aliphatic carbocycles. The highest BCUT2D eigenvalue weighted by Crippen LogP contribution is 1.95. The average Bonchev–Trinajstić information content (AvgIpc) is 2.16. The summed E-state index contributed by atoms with van der Waals surface area (Å²) in [6.45, 7) is 3.65. The molecule has 0 saturated heterocycles. The van der Waals surface area contributed by atoms with Crippen LogP contribution in [0.3, 0.4) is 0 Å². The maximum Gasteiger partial charge on any atom is 0.0624 e. The van der Waals surface area contributed by atoms with Gasteiger partial charge in [-0.05, 0) is 25.7 Å². The summed E-state index contributed by atoms with van der Waals surface area (Å²) >= 11 is 0. The van der Waals surface area contributed by atoms with Crippen LogP contribution in [0.15, 0.2) is 37.0 Å². The van der Waals surface area contributed by atoms with Crippen molar-refractivity contribution in [1.29, 1.82) is 5.26 Å². The fourth-order valence-electron chi connectivity index (χ4n) is 0.869. The Kier molecular flexibility index (Phi) is 9.65. The molecule has 0 atom stereocenters. The molecule has 0 aliphatic heterocycles. The highest BCUT2D eigenvalue weighted by molar-refractivity contribution is 4.94. The summed E-state index contributed by atoms with van der Waals surface area (Å²) < 4.78 is 0. The van der Waals surface area contributed by atoms with Gasteiger partial charge in [-0.3, -0.25) is 0 Å². The molecule has 0 aromatic rings. The van der Waals surface area contributed by atoms with Crippen LogP contribution < -0.4 is 0 Å². The summed E-state index contributed by atoms with van der Waals surface area (Å²) in [7, 11) is 0. The summed E-state index contributed by atoms with van der Waals surface area (Å²) in [6, 6.07) is 2.11. The van der Waals surface area contributed by atoms with E-state index in [9.17, 15) is 0 Å². The van der Waals surface area contributed by atoms with Crippen LogP contribution in [0, 0.1) is 11.3 Å². The van der Waals surface area contributed by atoms with Gasteiger partial charge >= 0.3 is 0 Å². The molecule has 0 heterocycles. The van der Waals surface area contributed by atoms with Crippen molar-refractivity contribution < 1.29 is 0 Å². The predicted octanol–water partition coefficient (Wildman–Crippen LogP) is 3.76. The van der Waals surface area contributed by atoms with Crippen molar-refractivity contribution in [2.45, 2.75) is 32.1 Å². The largest absolute Gasteiger partial charge is 0.198 e. The van der Waals surface area contributed by atoms with Gasteiger partial charge in [0.05, 0.1) is 6.07 Å². The molecule has 0 bridgehead atoms. The van der Waals surface area contributed by atoms with Crippen molar-refractivity contribution in [3.63, 3.8) is 0 Å². The normalized spacial score (nSPS) is 10.7. The summed E-state index contributed by atoms with van der Waals surface area (Å²) in [5, 5.41) is 8.26. The zero-order valence-corrected chi connectivity index (χ0v) is 8.08. The van der Waals surface area contributed by atoms with Gasteiger partial charge in [-0.1, -0.05) is 30.4 Å². The van der Waals surface area contributed by atoms with E-state index in [-0.39, 0.29) is 0 Å². The molecule has 13 heavy (non-hydrogen) atoms. The van der Waals surface area contributed by atoms with Gasteiger partial charge in [0.25, 0.3) is 0 Å². The van der Waals surface area contributed by atoms with Gasteiger partial charge in [0.1, 0.15) is 0 Å². The van der Waals surface area contributed by atoms with Crippen molar-refractivity contribution in [2.75, 3.05) is 0 Å². The van der Waals surface area contributed by atoms with Gasteiger partial charge in [-0.2, -0.15) is 5.26 Å². The van der Waals surface area contributed by atoms with Crippen LogP contribution in [-0.4, -0.2) is 0 Å². The number of hydrogen-bond acceptors (Lipinski definition) is 1. The maximum atomic E-state index is 8.26. The Bertz CT molecular complexity index is 206. The molecule has 0 aromatic heterocycles. The van der Waals surface area contributed by atoms with E-state index >= 15 is 0 Å². The van der Waals surface area contributed by atoms with Crippen molar-refractivity contribution in [3.05, 3.63) is 37.0 Å². The molecule has 70 valence electrons. The van der Waals surface area contributed by atoms with Crippen LogP contribution in [0.1, 0.15) is 32.1 Å². The lowest BCUT2D eigenvalue weighted by molar-refractivity contribution is 1.04. The second-order valence-electron chi connectivity index (χ2n) is 2.74. The van der Waals surface area contributed by atoms with Crippen LogP contribution >= 0.6 is 0 Å². The first kappa shape index (κ1) is 11.7. The standard InChI is InChI=1S/C12H17N/c1-2-3-4-5-6-7-8-9-10-11-12-13/h2,5-6,8-9H,1,3-4,7,10-11H2/b6-5+,9-8+. The number of allylic oxidation sites excluding steroid dienone is 5. The topological polar surface area (TPSA) is 23.8 Å². The molecule has 0 aliphatic rings. The summed E-state index contributed by atoms with van der Waals surface area (Å²) in [6.07, 6.45) is 15.0. The minimum absolute atomic E-state index is 0.622. The van der Waals surface area contributed by atoms with E-state index in [4.69, 9.17) is 5.26 Å². The number of rotatable bonds is 7. The molecule has 0 saturated carbocycles. The lowest BCUT2D eigenvalue weighted by Crippen LogP contribution is -1.65. The van der Waals surface area contributed by atoms with E-state index in [1.807, 2.05) is 6.08 Å². The fraction of sp³-hybridized carbons (Fsp3) is 0.417. The Morgan fingerprint density at radius 2 is 1.69 bits per heavy atom. The van der Waals surface area contributed by atoms with E-state index in [0.29, 0.717) is 6.42 Å². The number of unbranched alkanes of at least 4 members (excludes halogenated alkanes) is 2. The van der Waals surface area contributed by atoms with Gasteiger partial charge in [-0.15, -0.1) is 6.58 Å². The van der Waals surface area contributed by atoms with E-state index in [2.05, 4.69) is 37.0 Å². The zero-order chi connectivity index (χ0) is 9.78. The first-order valence-electron chi connectivity index (χ1n) is 4.69. The minimum Gasteiger partial charge on any atom is -0.198 e. The minimum atomic E-state index is 0.622. The third-order valence-electron chi connectivity index (χ3n) is 1.57. The molecular weight excluding hydrogens is 158 g/mol. The molecule has 0 fully saturated rings. The van der Waals surface area contributed by atoms with E-state index in [0.717, 1.165) is 25.7 Å². The molecule has 0 unspecified atom stereocenters. The van der Waals surface area contributed by atoms with Crippen molar-refractivity contribution in [1.82, 2.24) is 0 Å². The van der Waals surface area contributed by atoms with Gasteiger partial charge < -0.3 is 0 Å². The number of nitriles is 1. The third-order valence-corrected chi connectivity index (χ3v) is 1.57. The molecule has 0 N–H and O–H groups in total. The van der Waals surface area contributed by atoms with Gasteiger partial charge in [-0.25, -0.2) is 0 Å². The average molecular weight is 175 g/mol. The van der Waals surface area contributed by atoms with E-state index in [1.165, 1.54) is 0 Å². The molecule has 0 aromatic carbocycles. The molecule has 0 radical (unpaired) electrons. The van der Waals surface area contributed by atoms with Crippen LogP contribution in [0.2, 0.25) is 0 Å². The van der Waals surface area contributed by atoms with E-state index in [1.54, 1.807) is 0 Å². The van der Waals surface area contributed by atoms with Gasteiger partial charge in [0.2, 0.25) is 0 Å². The Balaban J connectivity index is 3.23. The predicted molar refractivity (Wildman–Crippen MR) is 57.2 cm³/mol. The SMILES string of the molecule is C=CCC/C=C/C/C=C/CCC#N. The lowest BCUT2D eigenvalue weighted by Gasteiger charge is -1.85. The van der Waals surface area contributed by atoms with Crippen molar-refractivity contribution in [3.8, 4) is 6.07 Å². The van der Waals surface area contributed by atoms with Gasteiger partial charge in [0, 0.05) is 6.42 Å². The highest BCUT2D eigenvalue weighted by atomic mass is 14.2. The molecule has 0 rings (SSSR count). The first-order chi connectivity index (χ1) is 6.41. The van der Waals surface area contributed by atoms with Crippen LogP contribution in [0.4, 0.5) is 0 Å². The van der Waals surface area contributed by atoms with Gasteiger partial charge in [0.15, 0.2) is 0 Å². The zero-order valence-electron chi connectivity index (χ0n) is 8.08. The number of nitrogens with zero attached hydrogens (tertiary/aromatic N) is 1. The molecule has 0 spiro atoms. The van der Waals surface area contributed by atoms with E-state index < -0.39 is 0 Å². The van der Waals surface area contributed by atoms with Crippen LogP contribution in [0.25, 0.3) is 0 Å². The quantitative estimate of drug-likeness (QED) is 0.427. The van der Waals surface area contributed by atoms with Crippen LogP contribution in [0.5, 0.6) is 0 Å². The molecule has 1 heteroatoms. The van der Waals surface area contributed by atoms with Crippen molar-refractivity contribution in [2.24, 2.45) is 0 Å². The van der Waals surface area contributed by atoms with Crippen molar-refractivity contribution >= 4 is 0 Å². The Morgan fingerprint density at radius 3 is 2.31 bits per heavy atom. The second-order valence-corrected chi connectivity index (χ2v) is 2.74. The summed E-state index contributed by atoms with van der Waals surface area (Å²) in [5.41, 5.74) is 0. The smallest absolute Gasteiger partial charge is 0.0624 e. The maximum absolute atomic E-state index is 8.26. The third kappa shape index (κ3) is 10.7. The molecule has 0 amide bonds. The Hall–Kier alpha value is -1.29. The summed E-state index contributed by atoms with van der Waals surface area (Å²) in [4.78, 5) is 0.